The molecule has 10 heteroatoms. The number of rotatable bonds is 4. The van der Waals surface area contributed by atoms with Gasteiger partial charge in [-0.25, -0.2) is 9.59 Å². The number of esters is 1. The third-order valence-electron chi connectivity index (χ3n) is 2.74. The van der Waals surface area contributed by atoms with Gasteiger partial charge in [0.05, 0.1) is 12.2 Å². The molecule has 0 aliphatic carbocycles. The number of imide groups is 1. The van der Waals surface area contributed by atoms with Gasteiger partial charge in [0.2, 0.25) is 0 Å². The minimum atomic E-state index is -5.06. The number of carbonyl (C=O) groups is 3. The van der Waals surface area contributed by atoms with Gasteiger partial charge in [-0.1, -0.05) is 0 Å². The van der Waals surface area contributed by atoms with Gasteiger partial charge in [0.1, 0.15) is 11.3 Å². The van der Waals surface area contributed by atoms with Gasteiger partial charge in [-0.2, -0.15) is 13.2 Å². The number of nitrogens with zero attached hydrogens (tertiary/aromatic N) is 2. The zero-order valence-electron chi connectivity index (χ0n) is 12.9. The van der Waals surface area contributed by atoms with E-state index in [4.69, 9.17) is 0 Å². The Labute approximate surface area is 130 Å². The molecule has 0 saturated carbocycles. The number of likely N-dealkylation sites (N-methyl/N-ethyl adjacent to an activating group) is 1. The predicted octanol–water partition coefficient (Wildman–Crippen LogP) is 0.993. The van der Waals surface area contributed by atoms with Gasteiger partial charge in [-0.3, -0.25) is 9.69 Å². The summed E-state index contributed by atoms with van der Waals surface area (Å²) in [5.74, 6) is -2.44. The quantitative estimate of drug-likeness (QED) is 0.471. The first kappa shape index (κ1) is 18.5. The van der Waals surface area contributed by atoms with Gasteiger partial charge in [-0.15, -0.1) is 0 Å². The van der Waals surface area contributed by atoms with Crippen LogP contribution in [0.15, 0.2) is 23.0 Å². The van der Waals surface area contributed by atoms with Crippen LogP contribution in [0.1, 0.15) is 6.92 Å². The summed E-state index contributed by atoms with van der Waals surface area (Å²) in [6.45, 7) is 1.28. The van der Waals surface area contributed by atoms with Crippen LogP contribution in [0.3, 0.4) is 0 Å². The highest BCUT2D eigenvalue weighted by molar-refractivity contribution is 6.13. The maximum atomic E-state index is 13.5. The molecule has 0 spiro atoms. The third kappa shape index (κ3) is 4.02. The molecule has 1 aliphatic rings. The fraction of sp³-hybridized carbons (Fsp3) is 0.462. The van der Waals surface area contributed by atoms with Gasteiger partial charge in [0.15, 0.2) is 0 Å². The van der Waals surface area contributed by atoms with Crippen molar-refractivity contribution in [2.75, 3.05) is 27.7 Å². The molecule has 23 heavy (non-hydrogen) atoms. The average Bonchev–Trinajstić information content (AvgIpc) is 2.64. The van der Waals surface area contributed by atoms with E-state index in [2.05, 4.69) is 4.74 Å². The van der Waals surface area contributed by atoms with Crippen molar-refractivity contribution in [1.29, 1.82) is 0 Å². The van der Waals surface area contributed by atoms with Crippen molar-refractivity contribution in [2.24, 2.45) is 0 Å². The van der Waals surface area contributed by atoms with Gasteiger partial charge < -0.3 is 15.0 Å². The summed E-state index contributed by atoms with van der Waals surface area (Å²) in [6.07, 6.45) is -4.18. The van der Waals surface area contributed by atoms with Crippen LogP contribution in [0.2, 0.25) is 0 Å². The summed E-state index contributed by atoms with van der Waals surface area (Å²) < 4.78 is 45.0. The number of nitrogens with one attached hydrogen (secondary N) is 1. The first-order chi connectivity index (χ1) is 10.5. The second kappa shape index (κ2) is 6.71. The van der Waals surface area contributed by atoms with Gasteiger partial charge in [0, 0.05) is 27.3 Å². The molecular formula is C13H16F3N3O4. The molecule has 0 atom stereocenters. The number of urea groups is 1. The Morgan fingerprint density at radius 3 is 2.26 bits per heavy atom. The molecule has 1 rings (SSSR count). The van der Waals surface area contributed by atoms with Crippen molar-refractivity contribution in [3.8, 4) is 0 Å². The third-order valence-corrected chi connectivity index (χ3v) is 2.74. The predicted molar refractivity (Wildman–Crippen MR) is 72.8 cm³/mol. The zero-order valence-corrected chi connectivity index (χ0v) is 12.9. The van der Waals surface area contributed by atoms with Crippen LogP contribution < -0.4 is 5.32 Å². The molecule has 1 fully saturated rings. The first-order valence-corrected chi connectivity index (χ1v) is 6.46. The van der Waals surface area contributed by atoms with Gasteiger partial charge in [-0.05, 0) is 6.92 Å². The van der Waals surface area contributed by atoms with Crippen LogP contribution >= 0.6 is 0 Å². The number of amides is 3. The molecule has 0 bridgehead atoms. The van der Waals surface area contributed by atoms with Gasteiger partial charge >= 0.3 is 18.2 Å². The highest BCUT2D eigenvalue weighted by atomic mass is 19.4. The van der Waals surface area contributed by atoms with Gasteiger partial charge in [0.25, 0.3) is 5.91 Å². The molecule has 7 nitrogen and oxygen atoms in total. The fourth-order valence-electron chi connectivity index (χ4n) is 1.79. The number of hydrogen-bond acceptors (Lipinski definition) is 5. The van der Waals surface area contributed by atoms with E-state index >= 15 is 0 Å². The fourth-order valence-corrected chi connectivity index (χ4v) is 1.79. The lowest BCUT2D eigenvalue weighted by Gasteiger charge is -2.18. The molecule has 3 amide bonds. The number of alkyl halides is 3. The summed E-state index contributed by atoms with van der Waals surface area (Å²) in [4.78, 5) is 36.9. The summed E-state index contributed by atoms with van der Waals surface area (Å²) >= 11 is 0. The lowest BCUT2D eigenvalue weighted by molar-refractivity contribution is -0.140. The smallest absolute Gasteiger partial charge is 0.419 e. The zero-order chi connectivity index (χ0) is 17.9. The average molecular weight is 335 g/mol. The molecule has 1 heterocycles. The SMILES string of the molecule is CCOC(=O)C(=C/N(C)C)/C(=C1/NC(=O)N(C)C1=O)C(F)(F)F. The van der Waals surface area contributed by atoms with Crippen molar-refractivity contribution in [3.05, 3.63) is 23.0 Å². The van der Waals surface area contributed by atoms with E-state index in [1.54, 1.807) is 0 Å². The molecule has 0 aromatic carbocycles. The molecule has 1 N–H and O–H groups in total. The van der Waals surface area contributed by atoms with Crippen LogP contribution in [0.25, 0.3) is 0 Å². The van der Waals surface area contributed by atoms with Crippen molar-refractivity contribution < 1.29 is 32.3 Å². The van der Waals surface area contributed by atoms with E-state index in [-0.39, 0.29) is 6.61 Å². The van der Waals surface area contributed by atoms with E-state index in [9.17, 15) is 27.6 Å². The van der Waals surface area contributed by atoms with Crippen LogP contribution in [0, 0.1) is 0 Å². The van der Waals surface area contributed by atoms with E-state index in [1.807, 2.05) is 5.32 Å². The van der Waals surface area contributed by atoms with E-state index in [0.717, 1.165) is 13.2 Å². The van der Waals surface area contributed by atoms with Crippen molar-refractivity contribution in [3.63, 3.8) is 0 Å². The summed E-state index contributed by atoms with van der Waals surface area (Å²) in [6, 6.07) is -1.01. The van der Waals surface area contributed by atoms with E-state index in [1.165, 1.54) is 25.9 Å². The number of ether oxygens (including phenoxy) is 1. The maximum absolute atomic E-state index is 13.5. The minimum absolute atomic E-state index is 0.149. The number of hydrogen-bond donors (Lipinski definition) is 1. The monoisotopic (exact) mass is 335 g/mol. The number of halogens is 3. The Morgan fingerprint density at radius 1 is 1.35 bits per heavy atom. The molecule has 0 aromatic rings. The minimum Gasteiger partial charge on any atom is -0.462 e. The standard InChI is InChI=1S/C13H16F3N3O4/c1-5-23-11(21)7(6-18(2)3)8(13(14,15)16)9-10(20)19(4)12(22)17-9/h6H,5H2,1-4H3,(H,17,22)/b7-6+,9-8-. The molecule has 1 aliphatic heterocycles. The van der Waals surface area contributed by atoms with Crippen LogP contribution in [-0.4, -0.2) is 61.6 Å². The molecule has 1 saturated heterocycles. The second-order valence-corrected chi connectivity index (χ2v) is 4.77. The summed E-state index contributed by atoms with van der Waals surface area (Å²) in [5, 5.41) is 1.84. The first-order valence-electron chi connectivity index (χ1n) is 6.46. The Hall–Kier alpha value is -2.52. The summed E-state index contributed by atoms with van der Waals surface area (Å²) in [7, 11) is 3.83. The van der Waals surface area contributed by atoms with Crippen LogP contribution in [0.5, 0.6) is 0 Å². The summed E-state index contributed by atoms with van der Waals surface area (Å²) in [5.41, 5.74) is -3.43. The molecular weight excluding hydrogens is 319 g/mol. The van der Waals surface area contributed by atoms with Crippen molar-refractivity contribution >= 4 is 17.9 Å². The van der Waals surface area contributed by atoms with Crippen molar-refractivity contribution in [2.45, 2.75) is 13.1 Å². The molecule has 0 aromatic heterocycles. The van der Waals surface area contributed by atoms with E-state index in [0.29, 0.717) is 4.90 Å². The van der Waals surface area contributed by atoms with E-state index < -0.39 is 40.9 Å². The largest absolute Gasteiger partial charge is 0.462 e. The topological polar surface area (TPSA) is 79.0 Å². The van der Waals surface area contributed by atoms with Crippen LogP contribution in [0.4, 0.5) is 18.0 Å². The Morgan fingerprint density at radius 2 is 1.91 bits per heavy atom. The molecule has 128 valence electrons. The lowest BCUT2D eigenvalue weighted by atomic mass is 10.0. The van der Waals surface area contributed by atoms with Crippen LogP contribution in [-0.2, 0) is 14.3 Å². The highest BCUT2D eigenvalue weighted by Gasteiger charge is 2.47. The Balaban J connectivity index is 3.61. The highest BCUT2D eigenvalue weighted by Crippen LogP contribution is 2.35. The Kier molecular flexibility index (Phi) is 5.41. The molecule has 0 unspecified atom stereocenters. The number of carbonyl (C=O) groups excluding carboxylic acids is 3. The van der Waals surface area contributed by atoms with Crippen molar-refractivity contribution in [1.82, 2.24) is 15.1 Å². The lowest BCUT2D eigenvalue weighted by Crippen LogP contribution is -2.28. The normalized spacial score (nSPS) is 18.0. The molecule has 0 radical (unpaired) electrons. The second-order valence-electron chi connectivity index (χ2n) is 4.77. The maximum Gasteiger partial charge on any atom is 0.419 e. The Bertz CT molecular complexity index is 594.